The molecule has 1 aromatic carbocycles. The maximum Gasteiger partial charge on any atom is 0.417 e. The number of benzene rings is 1. The Labute approximate surface area is 319 Å². The van der Waals surface area contributed by atoms with Crippen molar-refractivity contribution >= 4 is 28.9 Å². The quantitative estimate of drug-likeness (QED) is 0.220. The van der Waals surface area contributed by atoms with Gasteiger partial charge in [0.15, 0.2) is 11.6 Å². The summed E-state index contributed by atoms with van der Waals surface area (Å²) in [7, 11) is 0. The number of alkyl halides is 10. The van der Waals surface area contributed by atoms with Crippen LogP contribution in [-0.2, 0) is 30.1 Å². The maximum atomic E-state index is 14.1. The highest BCUT2D eigenvalue weighted by Gasteiger charge is 2.47. The van der Waals surface area contributed by atoms with Crippen molar-refractivity contribution in [3.05, 3.63) is 88.9 Å². The van der Waals surface area contributed by atoms with Crippen LogP contribution in [0.2, 0.25) is 0 Å². The minimum absolute atomic E-state index is 0. The van der Waals surface area contributed by atoms with Gasteiger partial charge in [-0.25, -0.2) is 36.1 Å². The predicted molar refractivity (Wildman–Crippen MR) is 182 cm³/mol. The number of piperidine rings is 2. The monoisotopic (exact) mass is 867 g/mol. The lowest BCUT2D eigenvalue weighted by atomic mass is 9.87. The Hall–Kier alpha value is -3.81. The van der Waals surface area contributed by atoms with E-state index < -0.39 is 90.3 Å². The van der Waals surface area contributed by atoms with E-state index >= 15 is 0 Å². The van der Waals surface area contributed by atoms with Crippen molar-refractivity contribution in [3.8, 4) is 0 Å². The van der Waals surface area contributed by atoms with Crippen molar-refractivity contribution in [1.29, 1.82) is 0 Å². The van der Waals surface area contributed by atoms with Gasteiger partial charge in [0.05, 0.1) is 36.0 Å². The van der Waals surface area contributed by atoms with Crippen LogP contribution in [0.15, 0.2) is 54.9 Å². The second-order valence-corrected chi connectivity index (χ2v) is 13.4. The molecule has 2 aliphatic rings. The molecule has 0 unspecified atom stereocenters. The number of amides is 1. The molecule has 0 radical (unpaired) electrons. The number of aryl methyl sites for hydroxylation is 1. The van der Waals surface area contributed by atoms with Crippen LogP contribution in [-0.4, -0.2) is 64.5 Å². The number of nitrogens with one attached hydrogen (secondary N) is 2. The number of aromatic nitrogens is 2. The molecule has 4 atom stereocenters. The Bertz CT molecular complexity index is 1720. The smallest absolute Gasteiger partial charge is 0.417 e. The van der Waals surface area contributed by atoms with Gasteiger partial charge in [-0.3, -0.25) is 9.88 Å². The number of anilines is 1. The van der Waals surface area contributed by atoms with Crippen LogP contribution in [0.1, 0.15) is 55.5 Å². The molecule has 2 saturated heterocycles. The highest BCUT2D eigenvalue weighted by molar-refractivity contribution is 8.93. The van der Waals surface area contributed by atoms with Crippen LogP contribution in [0, 0.1) is 23.5 Å². The third-order valence-electron chi connectivity index (χ3n) is 9.03. The number of likely N-dealkylation sites (tertiary alicyclic amines) is 1. The first-order valence-corrected chi connectivity index (χ1v) is 16.7. The number of carbonyl (C=O) groups excluding carboxylic acids is 1. The number of halogens is 13. The van der Waals surface area contributed by atoms with Gasteiger partial charge in [-0.05, 0) is 42.4 Å². The molecule has 55 heavy (non-hydrogen) atoms. The van der Waals surface area contributed by atoms with Crippen LogP contribution in [0.3, 0.4) is 0 Å². The number of hydrogen-bond acceptors (Lipinski definition) is 6. The molecule has 0 saturated carbocycles. The summed E-state index contributed by atoms with van der Waals surface area (Å²) in [6.07, 6.45) is -9.64. The third-order valence-corrected chi connectivity index (χ3v) is 9.03. The summed E-state index contributed by atoms with van der Waals surface area (Å²) >= 11 is 0. The fourth-order valence-corrected chi connectivity index (χ4v) is 6.23. The Morgan fingerprint density at radius 3 is 2.04 bits per heavy atom. The van der Waals surface area contributed by atoms with Gasteiger partial charge in [0.2, 0.25) is 0 Å². The van der Waals surface area contributed by atoms with E-state index in [0.29, 0.717) is 36.5 Å². The summed E-state index contributed by atoms with van der Waals surface area (Å²) in [5.41, 5.74) is -1.81. The summed E-state index contributed by atoms with van der Waals surface area (Å²) in [6, 6.07) is 8.31. The summed E-state index contributed by atoms with van der Waals surface area (Å²) < 4.78 is 163. The van der Waals surface area contributed by atoms with E-state index in [1.165, 1.54) is 6.92 Å². The Balaban J connectivity index is 0.000000310. The van der Waals surface area contributed by atoms with Gasteiger partial charge < -0.3 is 15.4 Å². The number of pyridine rings is 2. The molecule has 2 aromatic heterocycles. The van der Waals surface area contributed by atoms with Crippen molar-refractivity contribution in [1.82, 2.24) is 20.2 Å². The molecule has 0 spiro atoms. The molecule has 20 heteroatoms. The maximum absolute atomic E-state index is 14.1. The molecular formula is C35H38BrF12N5O2. The van der Waals surface area contributed by atoms with Crippen LogP contribution >= 0.6 is 17.0 Å². The molecular weight excluding hydrogens is 830 g/mol. The minimum Gasteiger partial charge on any atom is -0.445 e. The minimum atomic E-state index is -4.75. The Morgan fingerprint density at radius 1 is 0.891 bits per heavy atom. The number of carbonyl (C=O) groups is 1. The molecule has 0 aliphatic carbocycles. The van der Waals surface area contributed by atoms with Crippen LogP contribution < -0.4 is 10.6 Å². The molecule has 2 N–H and O–H groups in total. The van der Waals surface area contributed by atoms with Gasteiger partial charge in [-0.15, -0.1) is 17.0 Å². The van der Waals surface area contributed by atoms with E-state index in [2.05, 4.69) is 20.6 Å². The van der Waals surface area contributed by atoms with E-state index in [-0.39, 0.29) is 60.6 Å². The standard InChI is InChI=1S/C21H21F6N3O2.C14H16F6N2.BrH/c1-13-8-20(23,24)12-30(19(31)32-11-14-5-3-2-4-6-14)17(13)10-29-18-16(22)7-15(9-28-18)21(25,26)27;1-8-5-13(16,17)7-22-11(8)2-3-12-10(15)4-9(6-21-12)14(18,19)20;/h2-7,9,13,17H,8,10-12H2,1H3,(H,28,29);4,6,8,11,22H,2-3,5,7H2,1H3;1H/t13-,17-;8-,11-;/m11./s1. The SMILES string of the molecule is Br.C[C@@H]1CC(F)(F)CN(C(=O)OCc2ccccc2)[C@@H]1CNc1ncc(C(F)(F)F)cc1F.C[C@@H]1CC(F)(F)CN[C@@H]1CCc1ncc(C(F)(F)F)cc1F. The Morgan fingerprint density at radius 2 is 1.47 bits per heavy atom. The number of rotatable bonds is 8. The first-order valence-electron chi connectivity index (χ1n) is 16.7. The second kappa shape index (κ2) is 18.4. The van der Waals surface area contributed by atoms with Crippen molar-refractivity contribution in [2.75, 3.05) is 25.0 Å². The first kappa shape index (κ1) is 45.6. The molecule has 306 valence electrons. The van der Waals surface area contributed by atoms with Crippen molar-refractivity contribution < 1.29 is 62.2 Å². The largest absolute Gasteiger partial charge is 0.445 e. The molecule has 3 aromatic rings. The van der Waals surface area contributed by atoms with Crippen LogP contribution in [0.25, 0.3) is 0 Å². The highest BCUT2D eigenvalue weighted by Crippen LogP contribution is 2.36. The van der Waals surface area contributed by atoms with Gasteiger partial charge in [-0.2, -0.15) is 26.3 Å². The van der Waals surface area contributed by atoms with E-state index in [1.54, 1.807) is 37.3 Å². The molecule has 5 rings (SSSR count). The molecule has 0 bridgehead atoms. The van der Waals surface area contributed by atoms with Gasteiger partial charge in [0, 0.05) is 37.8 Å². The highest BCUT2D eigenvalue weighted by atomic mass is 79.9. The number of nitrogens with zero attached hydrogens (tertiary/aromatic N) is 3. The summed E-state index contributed by atoms with van der Waals surface area (Å²) in [4.78, 5) is 20.4. The predicted octanol–water partition coefficient (Wildman–Crippen LogP) is 9.72. The Kier molecular flexibility index (Phi) is 15.3. The number of ether oxygens (including phenoxy) is 1. The number of hydrogen-bond donors (Lipinski definition) is 2. The van der Waals surface area contributed by atoms with Gasteiger partial charge >= 0.3 is 18.4 Å². The molecule has 1 amide bonds. The van der Waals surface area contributed by atoms with Crippen LogP contribution in [0.5, 0.6) is 0 Å². The lowest BCUT2D eigenvalue weighted by molar-refractivity contribution is -0.138. The normalized spacial score (nSPS) is 22.1. The molecule has 2 fully saturated rings. The van der Waals surface area contributed by atoms with E-state index in [9.17, 15) is 57.5 Å². The second-order valence-electron chi connectivity index (χ2n) is 13.4. The van der Waals surface area contributed by atoms with E-state index in [0.717, 1.165) is 4.90 Å². The summed E-state index contributed by atoms with van der Waals surface area (Å²) in [5.74, 6) is -9.64. The van der Waals surface area contributed by atoms with E-state index in [4.69, 9.17) is 4.74 Å². The summed E-state index contributed by atoms with van der Waals surface area (Å²) in [6.45, 7) is 1.53. The zero-order valence-corrected chi connectivity index (χ0v) is 31.0. The fraction of sp³-hybridized carbons (Fsp3) is 0.514. The average Bonchev–Trinajstić information content (AvgIpc) is 3.06. The molecule has 2 aliphatic heterocycles. The zero-order chi connectivity index (χ0) is 40.1. The fourth-order valence-electron chi connectivity index (χ4n) is 6.23. The zero-order valence-electron chi connectivity index (χ0n) is 29.3. The molecule has 7 nitrogen and oxygen atoms in total. The lowest BCUT2D eigenvalue weighted by Crippen LogP contribution is -2.57. The van der Waals surface area contributed by atoms with Gasteiger partial charge in [-0.1, -0.05) is 44.2 Å². The van der Waals surface area contributed by atoms with Crippen molar-refractivity contribution in [3.63, 3.8) is 0 Å². The lowest BCUT2D eigenvalue weighted by Gasteiger charge is -2.42. The van der Waals surface area contributed by atoms with Gasteiger partial charge in [0.25, 0.3) is 11.8 Å². The topological polar surface area (TPSA) is 79.4 Å². The van der Waals surface area contributed by atoms with Crippen molar-refractivity contribution in [2.24, 2.45) is 11.8 Å². The van der Waals surface area contributed by atoms with E-state index in [1.807, 2.05) is 0 Å². The summed E-state index contributed by atoms with van der Waals surface area (Å²) in [5, 5.41) is 5.23. The molecule has 4 heterocycles. The average molecular weight is 869 g/mol. The first-order chi connectivity index (χ1) is 25.0. The van der Waals surface area contributed by atoms with Crippen molar-refractivity contribution in [2.45, 2.75) is 82.4 Å². The third kappa shape index (κ3) is 13.1. The van der Waals surface area contributed by atoms with Gasteiger partial charge in [0.1, 0.15) is 12.4 Å². The van der Waals surface area contributed by atoms with Crippen LogP contribution in [0.4, 0.5) is 63.3 Å².